The first-order chi connectivity index (χ1) is 9.25. The lowest BCUT2D eigenvalue weighted by Crippen LogP contribution is -2.44. The molecule has 102 valence electrons. The number of carbonyl (C=O) groups excluding carboxylic acids is 1. The largest absolute Gasteiger partial charge is 0.313 e. The Morgan fingerprint density at radius 2 is 2.26 bits per heavy atom. The molecular formula is C15H21N3O. The number of aromatic nitrogens is 1. The van der Waals surface area contributed by atoms with Crippen LogP contribution in [-0.2, 0) is 4.79 Å². The highest BCUT2D eigenvalue weighted by molar-refractivity contribution is 5.96. The number of rotatable bonds is 2. The third-order valence-corrected chi connectivity index (χ3v) is 4.52. The summed E-state index contributed by atoms with van der Waals surface area (Å²) in [6.45, 7) is 0. The van der Waals surface area contributed by atoms with Crippen LogP contribution in [0.3, 0.4) is 0 Å². The number of carbonyl (C=O) groups is 1. The van der Waals surface area contributed by atoms with Gasteiger partial charge < -0.3 is 10.2 Å². The summed E-state index contributed by atoms with van der Waals surface area (Å²) in [5.74, 6) is 0.868. The first-order valence-corrected chi connectivity index (χ1v) is 7.19. The van der Waals surface area contributed by atoms with Crippen molar-refractivity contribution in [2.24, 2.45) is 5.92 Å². The predicted octanol–water partition coefficient (Wildman–Crippen LogP) is 1.97. The van der Waals surface area contributed by atoms with Gasteiger partial charge in [-0.25, -0.2) is 0 Å². The van der Waals surface area contributed by atoms with E-state index in [0.29, 0.717) is 12.0 Å². The van der Waals surface area contributed by atoms with Crippen LogP contribution in [0.15, 0.2) is 24.5 Å². The number of nitrogens with zero attached hydrogens (tertiary/aromatic N) is 2. The molecule has 0 bridgehead atoms. The third-order valence-electron chi connectivity index (χ3n) is 4.52. The van der Waals surface area contributed by atoms with Crippen molar-refractivity contribution in [1.82, 2.24) is 10.3 Å². The summed E-state index contributed by atoms with van der Waals surface area (Å²) in [5, 5.41) is 3.53. The topological polar surface area (TPSA) is 45.2 Å². The van der Waals surface area contributed by atoms with Crippen molar-refractivity contribution in [3.05, 3.63) is 24.5 Å². The smallest absolute Gasteiger partial charge is 0.243 e. The van der Waals surface area contributed by atoms with Gasteiger partial charge in [-0.3, -0.25) is 9.78 Å². The minimum Gasteiger partial charge on any atom is -0.313 e. The Hall–Kier alpha value is -1.42. The average Bonchev–Trinajstić information content (AvgIpc) is 2.90. The maximum Gasteiger partial charge on any atom is 0.243 e. The van der Waals surface area contributed by atoms with E-state index < -0.39 is 0 Å². The molecule has 0 spiro atoms. The number of amides is 1. The average molecular weight is 259 g/mol. The molecule has 0 aromatic carbocycles. The molecule has 2 aliphatic rings. The zero-order valence-corrected chi connectivity index (χ0v) is 11.4. The summed E-state index contributed by atoms with van der Waals surface area (Å²) in [7, 11) is 1.84. The Balaban J connectivity index is 1.68. The van der Waals surface area contributed by atoms with E-state index in [1.807, 2.05) is 19.2 Å². The molecule has 3 rings (SSSR count). The molecule has 3 unspecified atom stereocenters. The Labute approximate surface area is 114 Å². The summed E-state index contributed by atoms with van der Waals surface area (Å²) < 4.78 is 0. The predicted molar refractivity (Wildman–Crippen MR) is 74.9 cm³/mol. The molecule has 4 heteroatoms. The van der Waals surface area contributed by atoms with Crippen LogP contribution in [0.5, 0.6) is 0 Å². The summed E-state index contributed by atoms with van der Waals surface area (Å²) >= 11 is 0. The zero-order chi connectivity index (χ0) is 13.2. The van der Waals surface area contributed by atoms with Crippen LogP contribution >= 0.6 is 0 Å². The molecule has 1 saturated carbocycles. The second kappa shape index (κ2) is 5.29. The number of pyridine rings is 1. The van der Waals surface area contributed by atoms with Crippen LogP contribution in [0, 0.1) is 5.92 Å². The van der Waals surface area contributed by atoms with Crippen LogP contribution in [0.2, 0.25) is 0 Å². The highest BCUT2D eigenvalue weighted by atomic mass is 16.2. The second-order valence-electron chi connectivity index (χ2n) is 5.71. The fraction of sp³-hybridized carbons (Fsp3) is 0.600. The van der Waals surface area contributed by atoms with Crippen LogP contribution in [-0.4, -0.2) is 30.0 Å². The van der Waals surface area contributed by atoms with Crippen molar-refractivity contribution in [3.63, 3.8) is 0 Å². The molecule has 1 amide bonds. The van der Waals surface area contributed by atoms with Gasteiger partial charge in [-0.15, -0.1) is 0 Å². The quantitative estimate of drug-likeness (QED) is 0.883. The molecule has 19 heavy (non-hydrogen) atoms. The van der Waals surface area contributed by atoms with Gasteiger partial charge in [0.25, 0.3) is 0 Å². The summed E-state index contributed by atoms with van der Waals surface area (Å²) in [5.41, 5.74) is 0.865. The highest BCUT2D eigenvalue weighted by Crippen LogP contribution is 2.33. The maximum atomic E-state index is 12.5. The van der Waals surface area contributed by atoms with E-state index in [1.165, 1.54) is 25.7 Å². The van der Waals surface area contributed by atoms with E-state index in [0.717, 1.165) is 12.1 Å². The van der Waals surface area contributed by atoms with Gasteiger partial charge in [0.2, 0.25) is 5.91 Å². The lowest BCUT2D eigenvalue weighted by atomic mass is 9.85. The first-order valence-electron chi connectivity index (χ1n) is 7.19. The van der Waals surface area contributed by atoms with Gasteiger partial charge in [-0.05, 0) is 37.3 Å². The maximum absolute atomic E-state index is 12.5. The SMILES string of the molecule is CN(C(=O)C1CC2CCCCC2N1)c1cccnc1. The molecular weight excluding hydrogens is 238 g/mol. The molecule has 1 N–H and O–H groups in total. The van der Waals surface area contributed by atoms with E-state index in [-0.39, 0.29) is 11.9 Å². The fourth-order valence-corrected chi connectivity index (χ4v) is 3.42. The van der Waals surface area contributed by atoms with Crippen LogP contribution in [0.1, 0.15) is 32.1 Å². The van der Waals surface area contributed by atoms with Gasteiger partial charge in [0.15, 0.2) is 0 Å². The number of hydrogen-bond donors (Lipinski definition) is 1. The van der Waals surface area contributed by atoms with Gasteiger partial charge in [0.1, 0.15) is 0 Å². The van der Waals surface area contributed by atoms with Crippen molar-refractivity contribution in [3.8, 4) is 0 Å². The summed E-state index contributed by atoms with van der Waals surface area (Å²) in [4.78, 5) is 18.3. The molecule has 3 atom stereocenters. The lowest BCUT2D eigenvalue weighted by molar-refractivity contribution is -0.120. The van der Waals surface area contributed by atoms with Gasteiger partial charge >= 0.3 is 0 Å². The number of nitrogens with one attached hydrogen (secondary N) is 1. The molecule has 2 fully saturated rings. The molecule has 2 heterocycles. The Morgan fingerprint density at radius 3 is 3.00 bits per heavy atom. The monoisotopic (exact) mass is 259 g/mol. The van der Waals surface area contributed by atoms with Gasteiger partial charge in [-0.2, -0.15) is 0 Å². The van der Waals surface area contributed by atoms with Crippen molar-refractivity contribution >= 4 is 11.6 Å². The standard InChI is InChI=1S/C15H21N3O/c1-18(12-6-4-8-16-10-12)15(19)14-9-11-5-2-3-7-13(11)17-14/h4,6,8,10-11,13-14,17H,2-3,5,7,9H2,1H3. The second-order valence-corrected chi connectivity index (χ2v) is 5.71. The Bertz CT molecular complexity index is 434. The minimum absolute atomic E-state index is 0.0155. The van der Waals surface area contributed by atoms with E-state index >= 15 is 0 Å². The van der Waals surface area contributed by atoms with E-state index in [4.69, 9.17) is 0 Å². The Morgan fingerprint density at radius 1 is 1.42 bits per heavy atom. The zero-order valence-electron chi connectivity index (χ0n) is 11.4. The summed E-state index contributed by atoms with van der Waals surface area (Å²) in [6, 6.07) is 4.33. The normalized spacial score (nSPS) is 29.8. The van der Waals surface area contributed by atoms with Crippen LogP contribution in [0.25, 0.3) is 0 Å². The fourth-order valence-electron chi connectivity index (χ4n) is 3.42. The van der Waals surface area contributed by atoms with E-state index in [2.05, 4.69) is 10.3 Å². The molecule has 1 aromatic heterocycles. The molecule has 4 nitrogen and oxygen atoms in total. The summed E-state index contributed by atoms with van der Waals surface area (Å²) in [6.07, 6.45) is 9.58. The lowest BCUT2D eigenvalue weighted by Gasteiger charge is -2.24. The van der Waals surface area contributed by atoms with Crippen molar-refractivity contribution in [2.75, 3.05) is 11.9 Å². The molecule has 0 radical (unpaired) electrons. The molecule has 1 saturated heterocycles. The number of likely N-dealkylation sites (N-methyl/N-ethyl adjacent to an activating group) is 1. The first kappa shape index (κ1) is 12.6. The third kappa shape index (κ3) is 2.50. The van der Waals surface area contributed by atoms with Crippen LogP contribution in [0.4, 0.5) is 5.69 Å². The van der Waals surface area contributed by atoms with Gasteiger partial charge in [0, 0.05) is 19.3 Å². The van der Waals surface area contributed by atoms with E-state index in [1.54, 1.807) is 17.3 Å². The van der Waals surface area contributed by atoms with Crippen molar-refractivity contribution < 1.29 is 4.79 Å². The molecule has 1 aromatic rings. The number of fused-ring (bicyclic) bond motifs is 1. The number of anilines is 1. The highest BCUT2D eigenvalue weighted by Gasteiger charge is 2.39. The van der Waals surface area contributed by atoms with Gasteiger partial charge in [0.05, 0.1) is 17.9 Å². The van der Waals surface area contributed by atoms with Gasteiger partial charge in [-0.1, -0.05) is 12.8 Å². The minimum atomic E-state index is -0.0155. The van der Waals surface area contributed by atoms with E-state index in [9.17, 15) is 4.79 Å². The molecule has 1 aliphatic carbocycles. The number of hydrogen-bond acceptors (Lipinski definition) is 3. The van der Waals surface area contributed by atoms with Crippen molar-refractivity contribution in [2.45, 2.75) is 44.2 Å². The molecule has 1 aliphatic heterocycles. The van der Waals surface area contributed by atoms with Crippen LogP contribution < -0.4 is 10.2 Å². The van der Waals surface area contributed by atoms with Crippen molar-refractivity contribution in [1.29, 1.82) is 0 Å². The Kier molecular flexibility index (Phi) is 3.51.